The first-order chi connectivity index (χ1) is 4.30. The van der Waals surface area contributed by atoms with Gasteiger partial charge in [0, 0.05) is 0 Å². The van der Waals surface area contributed by atoms with E-state index in [2.05, 4.69) is 0 Å². The van der Waals surface area contributed by atoms with Crippen LogP contribution in [-0.2, 0) is 0 Å². The molecule has 48 valence electrons. The predicted molar refractivity (Wildman–Crippen MR) is 41.6 cm³/mol. The normalized spacial score (nSPS) is 10.1. The average Bonchev–Trinajstić information content (AvgIpc) is 1.90. The van der Waals surface area contributed by atoms with E-state index in [-0.39, 0.29) is 0 Å². The van der Waals surface area contributed by atoms with Gasteiger partial charge < -0.3 is 0 Å². The number of hydrogen-bond acceptors (Lipinski definition) is 2. The fourth-order valence-electron chi connectivity index (χ4n) is 0.675. The molecule has 1 aromatic carbocycles. The molecule has 0 aliphatic rings. The number of rotatable bonds is 1. The van der Waals surface area contributed by atoms with Gasteiger partial charge in [-0.1, -0.05) is 0 Å². The van der Waals surface area contributed by atoms with Crippen LogP contribution in [0.4, 0.5) is 0 Å². The fraction of sp³-hybridized carbons (Fsp3) is 0. The van der Waals surface area contributed by atoms with Gasteiger partial charge in [-0.3, -0.25) is 0 Å². The van der Waals surface area contributed by atoms with E-state index in [4.69, 9.17) is 7.91 Å². The number of benzene rings is 1. The molecule has 1 rings (SSSR count). The monoisotopic (exact) mass is 230 g/mol. The zero-order valence-corrected chi connectivity index (χ0v) is 8.41. The summed E-state index contributed by atoms with van der Waals surface area (Å²) in [4.78, 5) is 0. The quantitative estimate of drug-likeness (QED) is 0.608. The van der Waals surface area contributed by atoms with Gasteiger partial charge in [0.05, 0.1) is 0 Å². The molecule has 0 amide bonds. The maximum absolute atomic E-state index is 5.60. The first-order valence-corrected chi connectivity index (χ1v) is 8.32. The van der Waals surface area contributed by atoms with Crippen molar-refractivity contribution in [2.24, 2.45) is 7.91 Å². The minimum absolute atomic E-state index is 1.18. The molecule has 4 N–H and O–H groups in total. The van der Waals surface area contributed by atoms with Crippen molar-refractivity contribution in [3.63, 3.8) is 0 Å². The molecule has 0 saturated heterocycles. The van der Waals surface area contributed by atoms with Crippen LogP contribution >= 0.6 is 0 Å². The van der Waals surface area contributed by atoms with Crippen molar-refractivity contribution < 1.29 is 0 Å². The molecular formula is C6H10N2Sn. The van der Waals surface area contributed by atoms with E-state index in [1.165, 1.54) is 3.58 Å². The van der Waals surface area contributed by atoms with Crippen LogP contribution < -0.4 is 11.5 Å². The van der Waals surface area contributed by atoms with Crippen LogP contribution in [0.25, 0.3) is 0 Å². The van der Waals surface area contributed by atoms with E-state index >= 15 is 0 Å². The molecule has 1 aromatic rings. The van der Waals surface area contributed by atoms with Crippen molar-refractivity contribution in [2.75, 3.05) is 0 Å². The van der Waals surface area contributed by atoms with E-state index in [0.29, 0.717) is 0 Å². The zero-order valence-electron chi connectivity index (χ0n) is 5.12. The molecule has 0 heterocycles. The van der Waals surface area contributed by atoms with E-state index < -0.39 is 20.3 Å². The Morgan fingerprint density at radius 3 is 1.89 bits per heavy atom. The van der Waals surface area contributed by atoms with Gasteiger partial charge in [0.25, 0.3) is 0 Å². The molecule has 9 heavy (non-hydrogen) atoms. The molecule has 0 atom stereocenters. The third kappa shape index (κ3) is 1.96. The second kappa shape index (κ2) is 3.19. The minimum atomic E-state index is -2.14. The van der Waals surface area contributed by atoms with Crippen LogP contribution in [0.5, 0.6) is 0 Å². The fourth-order valence-corrected chi connectivity index (χ4v) is 2.58. The van der Waals surface area contributed by atoms with E-state index in [1.54, 1.807) is 0 Å². The molecule has 0 fully saturated rings. The second-order valence-electron chi connectivity index (χ2n) is 1.94. The predicted octanol–water partition coefficient (Wildman–Crippen LogP) is -0.968. The molecule has 0 aliphatic carbocycles. The Hall–Kier alpha value is -0.0613. The summed E-state index contributed by atoms with van der Waals surface area (Å²) >= 11 is -2.14. The zero-order chi connectivity index (χ0) is 6.69. The van der Waals surface area contributed by atoms with E-state index in [9.17, 15) is 0 Å². The van der Waals surface area contributed by atoms with Gasteiger partial charge in [0.15, 0.2) is 0 Å². The summed E-state index contributed by atoms with van der Waals surface area (Å²) in [5, 5.41) is 0. The Morgan fingerprint density at radius 1 is 1.00 bits per heavy atom. The van der Waals surface area contributed by atoms with Gasteiger partial charge in [0.1, 0.15) is 0 Å². The summed E-state index contributed by atoms with van der Waals surface area (Å²) < 4.78 is 12.4. The first-order valence-electron chi connectivity index (χ1n) is 2.87. The Kier molecular flexibility index (Phi) is 2.50. The maximum atomic E-state index is 5.60. The van der Waals surface area contributed by atoms with Gasteiger partial charge in [-0.25, -0.2) is 0 Å². The standard InChI is InChI=1S/C6H5.2H2N.Sn.H/c1-2-4-6-5-3-1;;;;/h1-5H;2*1H2;;/q;2*-1;+2;. The van der Waals surface area contributed by atoms with Crippen LogP contribution in [0.15, 0.2) is 30.3 Å². The van der Waals surface area contributed by atoms with Gasteiger partial charge >= 0.3 is 62.1 Å². The van der Waals surface area contributed by atoms with Crippen LogP contribution in [0.3, 0.4) is 0 Å². The SMILES string of the molecule is [NH2][SnH]([NH2])[c]1ccccc1. The number of nitrogens with two attached hydrogens (primary N) is 2. The van der Waals surface area contributed by atoms with E-state index in [0.717, 1.165) is 0 Å². The Morgan fingerprint density at radius 2 is 1.56 bits per heavy atom. The molecule has 0 aliphatic heterocycles. The molecule has 2 nitrogen and oxygen atoms in total. The molecule has 0 unspecified atom stereocenters. The van der Waals surface area contributed by atoms with Crippen molar-refractivity contribution in [1.29, 1.82) is 0 Å². The molecular weight excluding hydrogens is 219 g/mol. The summed E-state index contributed by atoms with van der Waals surface area (Å²) in [6.45, 7) is 0. The number of hydrogen-bond donors (Lipinski definition) is 2. The summed E-state index contributed by atoms with van der Waals surface area (Å²) in [5.74, 6) is 0. The summed E-state index contributed by atoms with van der Waals surface area (Å²) in [6, 6.07) is 9.91. The summed E-state index contributed by atoms with van der Waals surface area (Å²) in [6.07, 6.45) is 0. The summed E-state index contributed by atoms with van der Waals surface area (Å²) in [7, 11) is 0. The molecule has 0 aromatic heterocycles. The van der Waals surface area contributed by atoms with Crippen molar-refractivity contribution >= 4 is 23.9 Å². The molecule has 3 heteroatoms. The van der Waals surface area contributed by atoms with Gasteiger partial charge in [-0.2, -0.15) is 0 Å². The second-order valence-corrected chi connectivity index (χ2v) is 6.84. The molecule has 0 spiro atoms. The van der Waals surface area contributed by atoms with Crippen LogP contribution in [0, 0.1) is 0 Å². The average molecular weight is 229 g/mol. The molecule has 0 radical (unpaired) electrons. The first kappa shape index (κ1) is 7.05. The van der Waals surface area contributed by atoms with Crippen LogP contribution in [-0.4, -0.2) is 20.3 Å². The van der Waals surface area contributed by atoms with Gasteiger partial charge in [-0.15, -0.1) is 0 Å². The third-order valence-electron chi connectivity index (χ3n) is 1.18. The van der Waals surface area contributed by atoms with Crippen molar-refractivity contribution in [2.45, 2.75) is 0 Å². The Balaban J connectivity index is 2.85. The topological polar surface area (TPSA) is 52.0 Å². The summed E-state index contributed by atoms with van der Waals surface area (Å²) in [5.41, 5.74) is 0. The Bertz CT molecular complexity index is 174. The van der Waals surface area contributed by atoms with E-state index in [1.807, 2.05) is 30.3 Å². The molecule has 0 bridgehead atoms. The van der Waals surface area contributed by atoms with Crippen LogP contribution in [0.1, 0.15) is 0 Å². The van der Waals surface area contributed by atoms with Crippen molar-refractivity contribution in [3.05, 3.63) is 30.3 Å². The van der Waals surface area contributed by atoms with Gasteiger partial charge in [-0.05, 0) is 0 Å². The van der Waals surface area contributed by atoms with Crippen molar-refractivity contribution in [3.8, 4) is 0 Å². The van der Waals surface area contributed by atoms with Crippen molar-refractivity contribution in [1.82, 2.24) is 0 Å². The van der Waals surface area contributed by atoms with Gasteiger partial charge in [0.2, 0.25) is 0 Å². The Labute approximate surface area is 62.3 Å². The third-order valence-corrected chi connectivity index (χ3v) is 4.48. The molecule has 0 saturated carbocycles. The van der Waals surface area contributed by atoms with Crippen LogP contribution in [0.2, 0.25) is 0 Å².